The number of amides is 2. The van der Waals surface area contributed by atoms with Crippen molar-refractivity contribution in [3.05, 3.63) is 47.5 Å². The van der Waals surface area contributed by atoms with E-state index in [4.69, 9.17) is 5.11 Å². The van der Waals surface area contributed by atoms with E-state index in [2.05, 4.69) is 15.4 Å². The van der Waals surface area contributed by atoms with Crippen LogP contribution in [0.5, 0.6) is 0 Å². The number of rotatable bonds is 5. The number of pyridine rings is 1. The standard InChI is InChI=1S/C20H25N5O4/c1-20(2,3)25-16(26)8-13(17(25)14-10-23-24(4)11-14)9-22-18(27)12-5-6-21-15(7-12)19(28)29/h5-7,10-11,13,17H,8-9H2,1-4H3,(H,22,27)(H,28,29)/t13-,17+/m1/s1. The van der Waals surface area contributed by atoms with Crippen LogP contribution >= 0.6 is 0 Å². The second-order valence-corrected chi connectivity index (χ2v) is 8.24. The number of carboxylic acid groups (broad SMARTS) is 1. The summed E-state index contributed by atoms with van der Waals surface area (Å²) in [5.41, 5.74) is 0.565. The highest BCUT2D eigenvalue weighted by molar-refractivity contribution is 5.96. The predicted molar refractivity (Wildman–Crippen MR) is 104 cm³/mol. The van der Waals surface area contributed by atoms with E-state index in [0.717, 1.165) is 5.56 Å². The highest BCUT2D eigenvalue weighted by atomic mass is 16.4. The van der Waals surface area contributed by atoms with Gasteiger partial charge in [-0.3, -0.25) is 14.3 Å². The molecule has 2 aromatic heterocycles. The third-order valence-corrected chi connectivity index (χ3v) is 4.99. The van der Waals surface area contributed by atoms with Gasteiger partial charge in [0.25, 0.3) is 5.91 Å². The zero-order valence-corrected chi connectivity index (χ0v) is 16.9. The third kappa shape index (κ3) is 4.28. The van der Waals surface area contributed by atoms with Crippen LogP contribution in [-0.2, 0) is 11.8 Å². The third-order valence-electron chi connectivity index (χ3n) is 4.99. The molecule has 2 amide bonds. The quantitative estimate of drug-likeness (QED) is 0.789. The Hall–Kier alpha value is -3.23. The highest BCUT2D eigenvalue weighted by Crippen LogP contribution is 2.42. The van der Waals surface area contributed by atoms with Gasteiger partial charge in [0.05, 0.1) is 12.2 Å². The number of likely N-dealkylation sites (tertiary alicyclic amines) is 1. The molecule has 0 bridgehead atoms. The van der Waals surface area contributed by atoms with Crippen LogP contribution in [0.1, 0.15) is 59.6 Å². The molecule has 154 valence electrons. The number of aromatic carboxylic acids is 1. The van der Waals surface area contributed by atoms with E-state index in [-0.39, 0.29) is 41.2 Å². The lowest BCUT2D eigenvalue weighted by Gasteiger charge is -2.38. The molecular weight excluding hydrogens is 374 g/mol. The summed E-state index contributed by atoms with van der Waals surface area (Å²) in [5, 5.41) is 16.1. The number of hydrogen-bond acceptors (Lipinski definition) is 5. The summed E-state index contributed by atoms with van der Waals surface area (Å²) in [6, 6.07) is 2.49. The first-order valence-corrected chi connectivity index (χ1v) is 9.36. The van der Waals surface area contributed by atoms with E-state index >= 15 is 0 Å². The molecule has 0 aliphatic carbocycles. The zero-order valence-electron chi connectivity index (χ0n) is 16.9. The summed E-state index contributed by atoms with van der Waals surface area (Å²) in [4.78, 5) is 41.9. The SMILES string of the molecule is Cn1cc([C@@H]2[C@@H](CNC(=O)c3ccnc(C(=O)O)c3)CC(=O)N2C(C)(C)C)cn1. The van der Waals surface area contributed by atoms with E-state index in [1.807, 2.05) is 38.9 Å². The Balaban J connectivity index is 1.80. The molecule has 1 aliphatic heterocycles. The molecule has 0 aromatic carbocycles. The fourth-order valence-electron chi connectivity index (χ4n) is 3.80. The normalized spacial score (nSPS) is 19.4. The summed E-state index contributed by atoms with van der Waals surface area (Å²) in [6.45, 7) is 6.24. The van der Waals surface area contributed by atoms with Gasteiger partial charge in [0.15, 0.2) is 0 Å². The summed E-state index contributed by atoms with van der Waals surface area (Å²) in [5.74, 6) is -1.70. The monoisotopic (exact) mass is 399 g/mol. The maximum absolute atomic E-state index is 12.8. The van der Waals surface area contributed by atoms with Gasteiger partial charge in [-0.2, -0.15) is 5.10 Å². The van der Waals surface area contributed by atoms with Crippen LogP contribution in [0.2, 0.25) is 0 Å². The average molecular weight is 399 g/mol. The fourth-order valence-corrected chi connectivity index (χ4v) is 3.80. The van der Waals surface area contributed by atoms with Crippen molar-refractivity contribution in [3.8, 4) is 0 Å². The maximum atomic E-state index is 12.8. The largest absolute Gasteiger partial charge is 0.477 e. The molecule has 2 atom stereocenters. The smallest absolute Gasteiger partial charge is 0.354 e. The molecule has 0 spiro atoms. The molecule has 0 radical (unpaired) electrons. The number of carbonyl (C=O) groups excluding carboxylic acids is 2. The van der Waals surface area contributed by atoms with Gasteiger partial charge in [-0.1, -0.05) is 0 Å². The molecule has 0 unspecified atom stereocenters. The molecular formula is C20H25N5O4. The molecule has 3 rings (SSSR count). The summed E-state index contributed by atoms with van der Waals surface area (Å²) < 4.78 is 1.69. The first-order chi connectivity index (χ1) is 13.6. The van der Waals surface area contributed by atoms with Crippen LogP contribution in [-0.4, -0.2) is 54.6 Å². The molecule has 2 N–H and O–H groups in total. The van der Waals surface area contributed by atoms with Gasteiger partial charge in [0, 0.05) is 55.0 Å². The van der Waals surface area contributed by atoms with Crippen molar-refractivity contribution >= 4 is 17.8 Å². The fraction of sp³-hybridized carbons (Fsp3) is 0.450. The average Bonchev–Trinajstić information content (AvgIpc) is 3.22. The van der Waals surface area contributed by atoms with Crippen molar-refractivity contribution in [1.82, 2.24) is 25.0 Å². The van der Waals surface area contributed by atoms with Gasteiger partial charge < -0.3 is 15.3 Å². The molecule has 1 fully saturated rings. The lowest BCUT2D eigenvalue weighted by atomic mass is 9.93. The number of aromatic nitrogens is 3. The Morgan fingerprint density at radius 3 is 2.66 bits per heavy atom. The Morgan fingerprint density at radius 1 is 1.34 bits per heavy atom. The molecule has 9 nitrogen and oxygen atoms in total. The van der Waals surface area contributed by atoms with E-state index in [9.17, 15) is 14.4 Å². The van der Waals surface area contributed by atoms with Crippen LogP contribution in [0.4, 0.5) is 0 Å². The van der Waals surface area contributed by atoms with Crippen LogP contribution in [0.25, 0.3) is 0 Å². The minimum Gasteiger partial charge on any atom is -0.477 e. The lowest BCUT2D eigenvalue weighted by Crippen LogP contribution is -2.44. The molecule has 1 aliphatic rings. The van der Waals surface area contributed by atoms with Gasteiger partial charge in [-0.05, 0) is 32.9 Å². The second-order valence-electron chi connectivity index (χ2n) is 8.24. The van der Waals surface area contributed by atoms with E-state index in [0.29, 0.717) is 6.42 Å². The van der Waals surface area contributed by atoms with E-state index in [1.165, 1.54) is 18.3 Å². The Morgan fingerprint density at radius 2 is 2.07 bits per heavy atom. The molecule has 9 heteroatoms. The van der Waals surface area contributed by atoms with E-state index < -0.39 is 11.9 Å². The zero-order chi connectivity index (χ0) is 21.3. The Labute approximate surface area is 168 Å². The molecule has 0 saturated carbocycles. The van der Waals surface area contributed by atoms with Crippen molar-refractivity contribution in [3.63, 3.8) is 0 Å². The minimum absolute atomic E-state index is 0.0303. The number of carboxylic acids is 1. The van der Waals surface area contributed by atoms with Crippen molar-refractivity contribution < 1.29 is 19.5 Å². The van der Waals surface area contributed by atoms with Crippen LogP contribution < -0.4 is 5.32 Å². The van der Waals surface area contributed by atoms with Gasteiger partial charge in [0.1, 0.15) is 5.69 Å². The highest BCUT2D eigenvalue weighted by Gasteiger charge is 2.45. The van der Waals surface area contributed by atoms with Crippen molar-refractivity contribution in [2.75, 3.05) is 6.54 Å². The Kier molecular flexibility index (Phi) is 5.41. The first-order valence-electron chi connectivity index (χ1n) is 9.36. The summed E-state index contributed by atoms with van der Waals surface area (Å²) in [7, 11) is 1.82. The molecule has 3 heterocycles. The van der Waals surface area contributed by atoms with Gasteiger partial charge in [0.2, 0.25) is 5.91 Å². The molecule has 1 saturated heterocycles. The van der Waals surface area contributed by atoms with Crippen molar-refractivity contribution in [2.45, 2.75) is 38.8 Å². The topological polar surface area (TPSA) is 117 Å². The maximum Gasteiger partial charge on any atom is 0.354 e. The lowest BCUT2D eigenvalue weighted by molar-refractivity contribution is -0.133. The molecule has 2 aromatic rings. The Bertz CT molecular complexity index is 946. The summed E-state index contributed by atoms with van der Waals surface area (Å²) >= 11 is 0. The van der Waals surface area contributed by atoms with Crippen LogP contribution in [0.3, 0.4) is 0 Å². The second kappa shape index (κ2) is 7.65. The molecule has 29 heavy (non-hydrogen) atoms. The predicted octanol–water partition coefficient (Wildman–Crippen LogP) is 1.63. The van der Waals surface area contributed by atoms with Gasteiger partial charge in [-0.15, -0.1) is 0 Å². The van der Waals surface area contributed by atoms with Gasteiger partial charge in [-0.25, -0.2) is 9.78 Å². The number of carbonyl (C=O) groups is 3. The van der Waals surface area contributed by atoms with Crippen molar-refractivity contribution in [1.29, 1.82) is 0 Å². The van der Waals surface area contributed by atoms with Gasteiger partial charge >= 0.3 is 5.97 Å². The number of nitrogens with one attached hydrogen (secondary N) is 1. The van der Waals surface area contributed by atoms with Crippen LogP contribution in [0.15, 0.2) is 30.7 Å². The minimum atomic E-state index is -1.20. The number of nitrogens with zero attached hydrogens (tertiary/aromatic N) is 4. The van der Waals surface area contributed by atoms with E-state index in [1.54, 1.807) is 10.9 Å². The summed E-state index contributed by atoms with van der Waals surface area (Å²) in [6.07, 6.45) is 5.24. The number of hydrogen-bond donors (Lipinski definition) is 2. The first kappa shape index (κ1) is 20.5. The van der Waals surface area contributed by atoms with Crippen molar-refractivity contribution in [2.24, 2.45) is 13.0 Å². The van der Waals surface area contributed by atoms with Crippen LogP contribution in [0, 0.1) is 5.92 Å². The number of aryl methyl sites for hydroxylation is 1.